The average molecular weight is 411 g/mol. The predicted octanol–water partition coefficient (Wildman–Crippen LogP) is 6.03. The summed E-state index contributed by atoms with van der Waals surface area (Å²) in [7, 11) is 0. The average Bonchev–Trinajstić information content (AvgIpc) is 2.87. The van der Waals surface area contributed by atoms with E-state index >= 15 is 0 Å². The number of hydrogen-bond acceptors (Lipinski definition) is 2. The van der Waals surface area contributed by atoms with E-state index in [4.69, 9.17) is 4.99 Å². The summed E-state index contributed by atoms with van der Waals surface area (Å²) >= 11 is 0. The SMILES string of the molecule is C1=CC2=CC3=C4C(=CC=C5C=CC(c6ccc(C7C=CC=NC7)cc6)=C(C=C3)C54)C2N=C1. The van der Waals surface area contributed by atoms with Crippen molar-refractivity contribution in [3.8, 4) is 0 Å². The van der Waals surface area contributed by atoms with Crippen LogP contribution in [0.3, 0.4) is 0 Å². The second-order valence-corrected chi connectivity index (χ2v) is 8.96. The van der Waals surface area contributed by atoms with E-state index in [0.717, 1.165) is 6.54 Å². The van der Waals surface area contributed by atoms with Crippen LogP contribution in [-0.2, 0) is 0 Å². The maximum atomic E-state index is 4.80. The van der Waals surface area contributed by atoms with Crippen molar-refractivity contribution in [2.45, 2.75) is 12.0 Å². The first kappa shape index (κ1) is 17.9. The van der Waals surface area contributed by atoms with Gasteiger partial charge in [0, 0.05) is 30.8 Å². The number of nitrogens with zero attached hydrogens (tertiary/aromatic N) is 2. The van der Waals surface area contributed by atoms with E-state index in [2.05, 4.69) is 83.9 Å². The van der Waals surface area contributed by atoms with Crippen molar-refractivity contribution in [3.63, 3.8) is 0 Å². The molecule has 4 aliphatic carbocycles. The summed E-state index contributed by atoms with van der Waals surface area (Å²) in [4.78, 5) is 9.22. The Labute approximate surface area is 188 Å². The predicted molar refractivity (Wildman–Crippen MR) is 133 cm³/mol. The molecule has 3 atom stereocenters. The van der Waals surface area contributed by atoms with Gasteiger partial charge in [-0.3, -0.25) is 9.98 Å². The molecule has 7 rings (SSSR count). The summed E-state index contributed by atoms with van der Waals surface area (Å²) in [5.41, 5.74) is 12.1. The number of aliphatic imine (C=N–C) groups is 2. The number of fused-ring (bicyclic) bond motifs is 2. The minimum atomic E-state index is 0.129. The zero-order valence-corrected chi connectivity index (χ0v) is 17.6. The molecule has 32 heavy (non-hydrogen) atoms. The number of allylic oxidation sites excluding steroid dienone is 13. The minimum absolute atomic E-state index is 0.129. The Morgan fingerprint density at radius 1 is 0.812 bits per heavy atom. The highest BCUT2D eigenvalue weighted by Gasteiger charge is 2.38. The van der Waals surface area contributed by atoms with Crippen LogP contribution in [0.5, 0.6) is 0 Å². The second kappa shape index (κ2) is 6.86. The van der Waals surface area contributed by atoms with Gasteiger partial charge in [0.25, 0.3) is 0 Å². The molecule has 0 amide bonds. The van der Waals surface area contributed by atoms with Crippen LogP contribution in [-0.4, -0.2) is 25.0 Å². The zero-order chi connectivity index (χ0) is 21.1. The maximum absolute atomic E-state index is 4.80. The molecule has 1 aromatic carbocycles. The molecule has 2 heteroatoms. The summed E-state index contributed by atoms with van der Waals surface area (Å²) < 4.78 is 0. The number of rotatable bonds is 2. The van der Waals surface area contributed by atoms with E-state index < -0.39 is 0 Å². The number of hydrogen-bond donors (Lipinski definition) is 0. The van der Waals surface area contributed by atoms with Gasteiger partial charge in [0.05, 0.1) is 0 Å². The lowest BCUT2D eigenvalue weighted by Gasteiger charge is -2.39. The van der Waals surface area contributed by atoms with Crippen molar-refractivity contribution in [2.24, 2.45) is 15.9 Å². The lowest BCUT2D eigenvalue weighted by Crippen LogP contribution is -2.29. The molecule has 0 spiro atoms. The van der Waals surface area contributed by atoms with Crippen LogP contribution in [0.1, 0.15) is 17.0 Å². The summed E-state index contributed by atoms with van der Waals surface area (Å²) in [5, 5.41) is 0. The van der Waals surface area contributed by atoms with E-state index in [1.807, 2.05) is 24.6 Å². The van der Waals surface area contributed by atoms with Gasteiger partial charge in [-0.2, -0.15) is 0 Å². The van der Waals surface area contributed by atoms with Crippen LogP contribution in [0, 0.1) is 5.92 Å². The van der Waals surface area contributed by atoms with Crippen LogP contribution < -0.4 is 0 Å². The third-order valence-electron chi connectivity index (χ3n) is 7.24. The number of dihydropyridines is 2. The molecule has 0 radical (unpaired) electrons. The summed E-state index contributed by atoms with van der Waals surface area (Å²) in [6, 6.07) is 9.20. The van der Waals surface area contributed by atoms with E-state index in [9.17, 15) is 0 Å². The van der Waals surface area contributed by atoms with E-state index in [-0.39, 0.29) is 6.04 Å². The molecule has 1 aromatic rings. The lowest BCUT2D eigenvalue weighted by atomic mass is 9.65. The monoisotopic (exact) mass is 410 g/mol. The van der Waals surface area contributed by atoms with Crippen molar-refractivity contribution >= 4 is 18.0 Å². The van der Waals surface area contributed by atoms with Gasteiger partial charge in [-0.05, 0) is 68.4 Å². The van der Waals surface area contributed by atoms with Crippen molar-refractivity contribution in [1.29, 1.82) is 0 Å². The molecule has 0 fully saturated rings. The molecule has 0 N–H and O–H groups in total. The van der Waals surface area contributed by atoms with Gasteiger partial charge in [-0.25, -0.2) is 0 Å². The van der Waals surface area contributed by atoms with E-state index in [0.29, 0.717) is 11.8 Å². The van der Waals surface area contributed by atoms with E-state index in [1.165, 1.54) is 50.1 Å². The van der Waals surface area contributed by atoms with Crippen LogP contribution in [0.2, 0.25) is 0 Å². The van der Waals surface area contributed by atoms with Crippen LogP contribution in [0.25, 0.3) is 5.57 Å². The molecular weight excluding hydrogens is 388 g/mol. The Bertz CT molecular complexity index is 1370. The van der Waals surface area contributed by atoms with Crippen molar-refractivity contribution in [2.75, 3.05) is 6.54 Å². The van der Waals surface area contributed by atoms with Crippen molar-refractivity contribution in [3.05, 3.63) is 136 Å². The van der Waals surface area contributed by atoms with Gasteiger partial charge in [0.2, 0.25) is 0 Å². The molecule has 0 saturated carbocycles. The van der Waals surface area contributed by atoms with Gasteiger partial charge >= 0.3 is 0 Å². The highest BCUT2D eigenvalue weighted by molar-refractivity contribution is 5.87. The molecule has 152 valence electrons. The highest BCUT2D eigenvalue weighted by Crippen LogP contribution is 2.51. The Morgan fingerprint density at radius 3 is 2.62 bits per heavy atom. The fourth-order valence-corrected chi connectivity index (χ4v) is 5.68. The quantitative estimate of drug-likeness (QED) is 0.569. The Hall–Kier alpha value is -3.78. The largest absolute Gasteiger partial charge is 0.292 e. The molecule has 3 unspecified atom stereocenters. The highest BCUT2D eigenvalue weighted by atomic mass is 14.8. The van der Waals surface area contributed by atoms with Gasteiger partial charge in [0.1, 0.15) is 6.04 Å². The second-order valence-electron chi connectivity index (χ2n) is 8.96. The van der Waals surface area contributed by atoms with Crippen LogP contribution >= 0.6 is 0 Å². The molecule has 2 nitrogen and oxygen atoms in total. The van der Waals surface area contributed by atoms with Crippen LogP contribution in [0.15, 0.2) is 135 Å². The lowest BCUT2D eigenvalue weighted by molar-refractivity contribution is 0.786. The third-order valence-corrected chi connectivity index (χ3v) is 7.24. The Morgan fingerprint density at radius 2 is 1.75 bits per heavy atom. The topological polar surface area (TPSA) is 24.7 Å². The molecule has 0 bridgehead atoms. The van der Waals surface area contributed by atoms with Gasteiger partial charge in [-0.15, -0.1) is 0 Å². The third kappa shape index (κ3) is 2.59. The zero-order valence-electron chi connectivity index (χ0n) is 17.6. The standard InChI is InChI=1S/C30H22N2/c1-4-24(18-31-15-1)19-5-7-20(8-6-19)25-12-9-21-10-14-27-29-22(11-13-26(25)28(21)29)17-23-3-2-16-32-30(23)27/h1-17,24,28,30H,18H2. The smallest absolute Gasteiger partial charge is 0.100 e. The molecule has 2 heterocycles. The van der Waals surface area contributed by atoms with Gasteiger partial charge in [-0.1, -0.05) is 72.9 Å². The van der Waals surface area contributed by atoms with Gasteiger partial charge in [0.15, 0.2) is 0 Å². The summed E-state index contributed by atoms with van der Waals surface area (Å²) in [6.45, 7) is 0.836. The maximum Gasteiger partial charge on any atom is 0.100 e. The minimum Gasteiger partial charge on any atom is -0.292 e. The summed E-state index contributed by atoms with van der Waals surface area (Å²) in [5.74, 6) is 0.675. The molecule has 2 aliphatic heterocycles. The normalized spacial score (nSPS) is 28.4. The van der Waals surface area contributed by atoms with Gasteiger partial charge < -0.3 is 0 Å². The van der Waals surface area contributed by atoms with E-state index in [1.54, 1.807) is 0 Å². The number of benzene rings is 1. The Balaban J connectivity index is 1.31. The fourth-order valence-electron chi connectivity index (χ4n) is 5.68. The fraction of sp³-hybridized carbons (Fsp3) is 0.133. The van der Waals surface area contributed by atoms with Crippen LogP contribution in [0.4, 0.5) is 0 Å². The first-order valence-electron chi connectivity index (χ1n) is 11.3. The first-order valence-corrected chi connectivity index (χ1v) is 11.3. The van der Waals surface area contributed by atoms with Crippen molar-refractivity contribution < 1.29 is 0 Å². The molecule has 0 saturated heterocycles. The first-order chi connectivity index (χ1) is 15.9. The van der Waals surface area contributed by atoms with Crippen molar-refractivity contribution in [1.82, 2.24) is 0 Å². The Kier molecular flexibility index (Phi) is 3.83. The molecule has 6 aliphatic rings. The molecular formula is C30H22N2. The molecule has 0 aromatic heterocycles. The summed E-state index contributed by atoms with van der Waals surface area (Å²) in [6.07, 6.45) is 28.5.